The number of aliphatic hydroxyl groups excluding tert-OH is 1. The van der Waals surface area contributed by atoms with Crippen LogP contribution in [-0.2, 0) is 19.1 Å². The van der Waals surface area contributed by atoms with E-state index in [-0.39, 0.29) is 24.3 Å². The van der Waals surface area contributed by atoms with Crippen molar-refractivity contribution in [3.8, 4) is 11.5 Å². The minimum Gasteiger partial charge on any atom is -0.497 e. The number of amides is 3. The third-order valence-electron chi connectivity index (χ3n) is 8.65. The molecule has 2 unspecified atom stereocenters. The fourth-order valence-electron chi connectivity index (χ4n) is 6.84. The molecule has 3 saturated heterocycles. The molecule has 2 aromatic rings. The quantitative estimate of drug-likeness (QED) is 0.336. The molecule has 5 atom stereocenters. The predicted octanol–water partition coefficient (Wildman–Crippen LogP) is 3.60. The van der Waals surface area contributed by atoms with Crippen molar-refractivity contribution >= 4 is 29.1 Å². The van der Waals surface area contributed by atoms with Gasteiger partial charge >= 0.3 is 0 Å². The SMILES string of the molecule is CCOc1ccc(NC(=O)[C@@H]2[C@H]3C(=O)N(CCCCCO)C(C(=O)Nc4ccc(OC)cc4)C34CC[C@@]2(C)O4)cc1. The van der Waals surface area contributed by atoms with Gasteiger partial charge in [-0.25, -0.2) is 0 Å². The maximum Gasteiger partial charge on any atom is 0.250 e. The van der Waals surface area contributed by atoms with E-state index in [1.165, 1.54) is 0 Å². The summed E-state index contributed by atoms with van der Waals surface area (Å²) in [7, 11) is 1.57. The Morgan fingerprint density at radius 3 is 2.22 bits per heavy atom. The molecule has 0 aliphatic carbocycles. The minimum atomic E-state index is -1.11. The zero-order chi connectivity index (χ0) is 29.2. The number of unbranched alkanes of at least 4 members (excludes halogenated alkanes) is 2. The van der Waals surface area contributed by atoms with Gasteiger partial charge < -0.3 is 34.9 Å². The van der Waals surface area contributed by atoms with Crippen molar-refractivity contribution < 1.29 is 33.7 Å². The van der Waals surface area contributed by atoms with Crippen LogP contribution in [0.15, 0.2) is 48.5 Å². The molecule has 3 aliphatic rings. The number of rotatable bonds is 12. The van der Waals surface area contributed by atoms with Crippen LogP contribution >= 0.6 is 0 Å². The highest BCUT2D eigenvalue weighted by atomic mass is 16.5. The molecule has 3 heterocycles. The third kappa shape index (κ3) is 5.26. The van der Waals surface area contributed by atoms with Gasteiger partial charge in [0.15, 0.2) is 0 Å². The number of nitrogens with zero attached hydrogens (tertiary/aromatic N) is 1. The Kier molecular flexibility index (Phi) is 8.24. The molecule has 3 N–H and O–H groups in total. The molecule has 220 valence electrons. The summed E-state index contributed by atoms with van der Waals surface area (Å²) < 4.78 is 17.4. The van der Waals surface area contributed by atoms with Crippen LogP contribution in [0.5, 0.6) is 11.5 Å². The first-order chi connectivity index (χ1) is 19.8. The Balaban J connectivity index is 1.42. The van der Waals surface area contributed by atoms with E-state index in [2.05, 4.69) is 10.6 Å². The summed E-state index contributed by atoms with van der Waals surface area (Å²) >= 11 is 0. The zero-order valence-corrected chi connectivity index (χ0v) is 23.9. The van der Waals surface area contributed by atoms with Crippen LogP contribution in [0.25, 0.3) is 0 Å². The molecule has 3 amide bonds. The molecule has 0 radical (unpaired) electrons. The maximum absolute atomic E-state index is 14.1. The average molecular weight is 566 g/mol. The summed E-state index contributed by atoms with van der Waals surface area (Å²) in [6.07, 6.45) is 3.01. The number of methoxy groups -OCH3 is 1. The number of carbonyl (C=O) groups excluding carboxylic acids is 3. The van der Waals surface area contributed by atoms with Crippen LogP contribution in [0.4, 0.5) is 11.4 Å². The van der Waals surface area contributed by atoms with Crippen molar-refractivity contribution in [3.63, 3.8) is 0 Å². The van der Waals surface area contributed by atoms with Crippen LogP contribution in [0.1, 0.15) is 46.0 Å². The summed E-state index contributed by atoms with van der Waals surface area (Å²) in [5.74, 6) is -1.05. The summed E-state index contributed by atoms with van der Waals surface area (Å²) in [4.78, 5) is 43.4. The lowest BCUT2D eigenvalue weighted by Crippen LogP contribution is -2.53. The van der Waals surface area contributed by atoms with Gasteiger partial charge in [-0.1, -0.05) is 0 Å². The van der Waals surface area contributed by atoms with Gasteiger partial charge in [-0.2, -0.15) is 0 Å². The van der Waals surface area contributed by atoms with Crippen molar-refractivity contribution in [3.05, 3.63) is 48.5 Å². The second-order valence-corrected chi connectivity index (χ2v) is 11.2. The van der Waals surface area contributed by atoms with Gasteiger partial charge in [0.2, 0.25) is 17.7 Å². The van der Waals surface area contributed by atoms with Gasteiger partial charge in [0.25, 0.3) is 0 Å². The Hall–Kier alpha value is -3.63. The first kappa shape index (κ1) is 28.9. The number of carbonyl (C=O) groups is 3. The number of fused-ring (bicyclic) bond motifs is 1. The molecule has 0 aromatic heterocycles. The van der Waals surface area contributed by atoms with Crippen molar-refractivity contribution in [2.24, 2.45) is 11.8 Å². The molecular formula is C31H39N3O7. The molecule has 3 aliphatic heterocycles. The van der Waals surface area contributed by atoms with Gasteiger partial charge in [-0.3, -0.25) is 14.4 Å². The highest BCUT2D eigenvalue weighted by molar-refractivity contribution is 6.05. The van der Waals surface area contributed by atoms with E-state index >= 15 is 0 Å². The summed E-state index contributed by atoms with van der Waals surface area (Å²) in [5.41, 5.74) is -0.817. The highest BCUT2D eigenvalue weighted by Crippen LogP contribution is 2.63. The van der Waals surface area contributed by atoms with Crippen LogP contribution in [0.3, 0.4) is 0 Å². The lowest BCUT2D eigenvalue weighted by atomic mass is 9.66. The number of hydrogen-bond acceptors (Lipinski definition) is 7. The molecular weight excluding hydrogens is 526 g/mol. The zero-order valence-electron chi connectivity index (χ0n) is 23.9. The number of aliphatic hydroxyl groups is 1. The first-order valence-electron chi connectivity index (χ1n) is 14.4. The van der Waals surface area contributed by atoms with Crippen molar-refractivity contribution in [1.82, 2.24) is 4.90 Å². The van der Waals surface area contributed by atoms with E-state index in [9.17, 15) is 19.5 Å². The Bertz CT molecular complexity index is 1270. The van der Waals surface area contributed by atoms with E-state index in [4.69, 9.17) is 14.2 Å². The lowest BCUT2D eigenvalue weighted by molar-refractivity contribution is -0.143. The van der Waals surface area contributed by atoms with Crippen LogP contribution in [-0.4, -0.2) is 71.8 Å². The fraction of sp³-hybridized carbons (Fsp3) is 0.516. The number of ether oxygens (including phenoxy) is 3. The summed E-state index contributed by atoms with van der Waals surface area (Å²) in [6, 6.07) is 13.2. The van der Waals surface area contributed by atoms with Crippen LogP contribution in [0, 0.1) is 11.8 Å². The second kappa shape index (κ2) is 11.7. The van der Waals surface area contributed by atoms with E-state index < -0.39 is 29.1 Å². The number of likely N-dealkylation sites (tertiary alicyclic amines) is 1. The van der Waals surface area contributed by atoms with Gasteiger partial charge in [-0.05, 0) is 94.5 Å². The topological polar surface area (TPSA) is 126 Å². The first-order valence-corrected chi connectivity index (χ1v) is 14.4. The number of hydrogen-bond donors (Lipinski definition) is 3. The van der Waals surface area contributed by atoms with Crippen molar-refractivity contribution in [2.75, 3.05) is 37.5 Å². The lowest BCUT2D eigenvalue weighted by Gasteiger charge is -2.33. The monoisotopic (exact) mass is 565 g/mol. The normalized spacial score (nSPS) is 28.0. The van der Waals surface area contributed by atoms with E-state index in [0.29, 0.717) is 68.1 Å². The Labute approximate surface area is 240 Å². The number of benzene rings is 2. The Morgan fingerprint density at radius 2 is 1.61 bits per heavy atom. The number of nitrogens with one attached hydrogen (secondary N) is 2. The van der Waals surface area contributed by atoms with Gasteiger partial charge in [0.1, 0.15) is 23.1 Å². The average Bonchev–Trinajstić information content (AvgIpc) is 3.53. The van der Waals surface area contributed by atoms with Crippen LogP contribution in [0.2, 0.25) is 0 Å². The molecule has 2 bridgehead atoms. The molecule has 1 spiro atoms. The molecule has 0 saturated carbocycles. The third-order valence-corrected chi connectivity index (χ3v) is 8.65. The smallest absolute Gasteiger partial charge is 0.250 e. The molecule has 2 aromatic carbocycles. The van der Waals surface area contributed by atoms with Crippen molar-refractivity contribution in [2.45, 2.75) is 63.2 Å². The van der Waals surface area contributed by atoms with E-state index in [1.807, 2.05) is 13.8 Å². The minimum absolute atomic E-state index is 0.0666. The van der Waals surface area contributed by atoms with Gasteiger partial charge in [0, 0.05) is 24.5 Å². The van der Waals surface area contributed by atoms with E-state index in [0.717, 1.165) is 0 Å². The van der Waals surface area contributed by atoms with Crippen LogP contribution < -0.4 is 20.1 Å². The molecule has 41 heavy (non-hydrogen) atoms. The molecule has 10 nitrogen and oxygen atoms in total. The largest absolute Gasteiger partial charge is 0.497 e. The molecule has 5 rings (SSSR count). The molecule has 10 heteroatoms. The maximum atomic E-state index is 14.1. The van der Waals surface area contributed by atoms with Gasteiger partial charge in [0.05, 0.1) is 31.2 Å². The molecule has 3 fully saturated rings. The Morgan fingerprint density at radius 1 is 0.976 bits per heavy atom. The highest BCUT2D eigenvalue weighted by Gasteiger charge is 2.77. The predicted molar refractivity (Wildman–Crippen MR) is 153 cm³/mol. The second-order valence-electron chi connectivity index (χ2n) is 11.2. The standard InChI is InChI=1S/C31H39N3O7/c1-4-40-23-14-10-20(11-15-23)32-27(36)24-25-29(38)34(18-6-5-7-19-35)26(31(25)17-16-30(24,2)41-31)28(37)33-21-8-12-22(39-3)13-9-21/h8-15,24-26,35H,4-7,16-19H2,1-3H3,(H,32,36)(H,33,37)/t24-,25-,26?,30+,31?/m0/s1. The van der Waals surface area contributed by atoms with Gasteiger partial charge in [-0.15, -0.1) is 0 Å². The summed E-state index contributed by atoms with van der Waals surface area (Å²) in [6.45, 7) is 4.72. The van der Waals surface area contributed by atoms with Crippen molar-refractivity contribution in [1.29, 1.82) is 0 Å². The van der Waals surface area contributed by atoms with E-state index in [1.54, 1.807) is 60.5 Å². The number of anilines is 2. The fourth-order valence-corrected chi connectivity index (χ4v) is 6.84. The summed E-state index contributed by atoms with van der Waals surface area (Å²) in [5, 5.41) is 15.2.